The van der Waals surface area contributed by atoms with Gasteiger partial charge < -0.3 is 5.32 Å². The molecule has 7 nitrogen and oxygen atoms in total. The molecule has 0 saturated heterocycles. The molecule has 0 radical (unpaired) electrons. The summed E-state index contributed by atoms with van der Waals surface area (Å²) in [5.74, 6) is 0.594. The van der Waals surface area contributed by atoms with E-state index in [2.05, 4.69) is 32.0 Å². The highest BCUT2D eigenvalue weighted by molar-refractivity contribution is 7.98. The number of hydrogen-bond donors (Lipinski definition) is 1. The lowest BCUT2D eigenvalue weighted by Crippen LogP contribution is -2.06. The molecule has 1 N–H and O–H groups in total. The van der Waals surface area contributed by atoms with Gasteiger partial charge in [0.05, 0.1) is 11.7 Å². The van der Waals surface area contributed by atoms with Crippen molar-refractivity contribution in [3.8, 4) is 5.82 Å². The summed E-state index contributed by atoms with van der Waals surface area (Å²) in [5.41, 5.74) is 1.61. The molecule has 3 rings (SSSR count). The van der Waals surface area contributed by atoms with Gasteiger partial charge in [0, 0.05) is 37.2 Å². The van der Waals surface area contributed by atoms with E-state index in [1.807, 2.05) is 24.5 Å². The summed E-state index contributed by atoms with van der Waals surface area (Å²) >= 11 is 6.11. The van der Waals surface area contributed by atoms with Gasteiger partial charge in [0.2, 0.25) is 11.1 Å². The quantitative estimate of drug-likeness (QED) is 0.428. The number of halogens is 1. The van der Waals surface area contributed by atoms with Crippen LogP contribution in [0.5, 0.6) is 0 Å². The van der Waals surface area contributed by atoms with Crippen molar-refractivity contribution < 1.29 is 9.59 Å². The van der Waals surface area contributed by atoms with Gasteiger partial charge in [-0.3, -0.25) is 9.59 Å². The first-order valence-corrected chi connectivity index (χ1v) is 8.80. The Morgan fingerprint density at radius 3 is 2.60 bits per heavy atom. The number of hydrogen-bond acceptors (Lipinski definition) is 6. The normalized spacial score (nSPS) is 10.1. The van der Waals surface area contributed by atoms with Crippen LogP contribution in [-0.2, 0) is 9.59 Å². The van der Waals surface area contributed by atoms with Crippen molar-refractivity contribution in [3.63, 3.8) is 0 Å². The van der Waals surface area contributed by atoms with E-state index in [-0.39, 0.29) is 11.1 Å². The number of rotatable bonds is 3. The fourth-order valence-electron chi connectivity index (χ4n) is 2.03. The lowest BCUT2D eigenvalue weighted by atomic mass is 10.2. The number of carbonyl (C=O) groups excluding carboxylic acids is 2. The van der Waals surface area contributed by atoms with E-state index >= 15 is 0 Å². The molecule has 0 bridgehead atoms. The van der Waals surface area contributed by atoms with Gasteiger partial charge in [0.1, 0.15) is 0 Å². The fraction of sp³-hybridized carbons (Fsp3) is 0.188. The predicted octanol–water partition coefficient (Wildman–Crippen LogP) is 3.27. The Balaban J connectivity index is 0.000000511. The minimum absolute atomic E-state index is 0.105. The number of anilines is 1. The molecule has 0 aliphatic heterocycles. The first-order chi connectivity index (χ1) is 11.9. The van der Waals surface area contributed by atoms with Gasteiger partial charge in [-0.2, -0.15) is 5.10 Å². The van der Waals surface area contributed by atoms with Crippen LogP contribution in [-0.4, -0.2) is 37.2 Å². The molecule has 0 aliphatic rings. The van der Waals surface area contributed by atoms with Crippen LogP contribution >= 0.6 is 23.4 Å². The zero-order valence-corrected chi connectivity index (χ0v) is 15.4. The summed E-state index contributed by atoms with van der Waals surface area (Å²) < 4.78 is 1.74. The topological polar surface area (TPSA) is 89.8 Å². The summed E-state index contributed by atoms with van der Waals surface area (Å²) in [6, 6.07) is 7.45. The van der Waals surface area contributed by atoms with Crippen molar-refractivity contribution in [2.75, 3.05) is 11.6 Å². The first kappa shape index (κ1) is 18.9. The zero-order chi connectivity index (χ0) is 18.4. The molecule has 3 aromatic rings. The van der Waals surface area contributed by atoms with Crippen LogP contribution in [0.4, 0.5) is 5.69 Å². The van der Waals surface area contributed by atoms with Gasteiger partial charge >= 0.3 is 0 Å². The van der Waals surface area contributed by atoms with Crippen LogP contribution in [0.3, 0.4) is 0 Å². The van der Waals surface area contributed by atoms with Crippen molar-refractivity contribution in [3.05, 3.63) is 36.7 Å². The Labute approximate surface area is 153 Å². The Kier molecular flexibility index (Phi) is 6.49. The average molecular weight is 378 g/mol. The second-order valence-corrected chi connectivity index (χ2v) is 6.19. The van der Waals surface area contributed by atoms with Crippen molar-refractivity contribution in [1.82, 2.24) is 19.7 Å². The third-order valence-electron chi connectivity index (χ3n) is 2.91. The number of nitrogens with one attached hydrogen (secondary N) is 1. The van der Waals surface area contributed by atoms with Crippen LogP contribution in [0, 0.1) is 0 Å². The highest BCUT2D eigenvalue weighted by Crippen LogP contribution is 2.22. The maximum atomic E-state index is 11.2. The molecule has 0 atom stereocenters. The number of nitrogens with zero attached hydrogens (tertiary/aromatic N) is 4. The monoisotopic (exact) mass is 377 g/mol. The van der Waals surface area contributed by atoms with E-state index in [0.717, 1.165) is 16.6 Å². The SMILES string of the molecule is CC(=O)Cl.CSc1nccc(-n2ncc3ccc(NC(C)=O)cc32)n1. The molecular weight excluding hydrogens is 362 g/mol. The van der Waals surface area contributed by atoms with Crippen molar-refractivity contribution in [2.45, 2.75) is 19.0 Å². The first-order valence-electron chi connectivity index (χ1n) is 7.19. The van der Waals surface area contributed by atoms with Gasteiger partial charge in [-0.15, -0.1) is 0 Å². The molecule has 0 spiro atoms. The maximum absolute atomic E-state index is 11.2. The number of thioether (sulfide) groups is 1. The highest BCUT2D eigenvalue weighted by atomic mass is 35.5. The number of aromatic nitrogens is 4. The molecule has 0 saturated carbocycles. The van der Waals surface area contributed by atoms with E-state index in [0.29, 0.717) is 11.0 Å². The summed E-state index contributed by atoms with van der Waals surface area (Å²) in [4.78, 5) is 29.0. The number of amides is 1. The Bertz CT molecular complexity index is 908. The fourth-order valence-corrected chi connectivity index (χ4v) is 2.38. The largest absolute Gasteiger partial charge is 0.326 e. The number of fused-ring (bicyclic) bond motifs is 1. The van der Waals surface area contributed by atoms with Crippen LogP contribution < -0.4 is 5.32 Å². The Morgan fingerprint density at radius 1 is 1.24 bits per heavy atom. The summed E-state index contributed by atoms with van der Waals surface area (Å²) in [5, 5.41) is 8.44. The summed E-state index contributed by atoms with van der Waals surface area (Å²) in [7, 11) is 0. The number of benzene rings is 1. The van der Waals surface area contributed by atoms with E-state index in [1.165, 1.54) is 25.6 Å². The molecule has 0 aliphatic carbocycles. The molecule has 2 aromatic heterocycles. The van der Waals surface area contributed by atoms with Crippen molar-refractivity contribution >= 4 is 51.1 Å². The third kappa shape index (κ3) is 5.27. The van der Waals surface area contributed by atoms with Crippen LogP contribution in [0.2, 0.25) is 0 Å². The van der Waals surface area contributed by atoms with Gasteiger partial charge in [0.15, 0.2) is 11.0 Å². The second kappa shape index (κ2) is 8.59. The third-order valence-corrected chi connectivity index (χ3v) is 3.47. The molecule has 1 aromatic carbocycles. The van der Waals surface area contributed by atoms with E-state index in [9.17, 15) is 9.59 Å². The van der Waals surface area contributed by atoms with Crippen molar-refractivity contribution in [2.24, 2.45) is 0 Å². The van der Waals surface area contributed by atoms with Crippen LogP contribution in [0.1, 0.15) is 13.8 Å². The Morgan fingerprint density at radius 2 is 1.96 bits per heavy atom. The molecule has 1 amide bonds. The van der Waals surface area contributed by atoms with Crippen LogP contribution in [0.25, 0.3) is 16.7 Å². The summed E-state index contributed by atoms with van der Waals surface area (Å²) in [6.07, 6.45) is 5.41. The molecule has 0 fully saturated rings. The van der Waals surface area contributed by atoms with E-state index < -0.39 is 0 Å². The van der Waals surface area contributed by atoms with Gasteiger partial charge in [0.25, 0.3) is 0 Å². The average Bonchev–Trinajstić information content (AvgIpc) is 2.97. The maximum Gasteiger partial charge on any atom is 0.221 e. The second-order valence-electron chi connectivity index (χ2n) is 4.88. The smallest absolute Gasteiger partial charge is 0.221 e. The zero-order valence-electron chi connectivity index (χ0n) is 13.9. The van der Waals surface area contributed by atoms with Gasteiger partial charge in [-0.25, -0.2) is 14.6 Å². The lowest BCUT2D eigenvalue weighted by Gasteiger charge is -2.05. The minimum Gasteiger partial charge on any atom is -0.326 e. The standard InChI is InChI=1S/C14H13N5OS.C2H3ClO/c1-9(20)17-11-4-3-10-8-16-19(12(10)7-11)13-5-6-15-14(18-13)21-2;1-2(3)4/h3-8H,1-2H3,(H,17,20);1H3. The van der Waals surface area contributed by atoms with Gasteiger partial charge in [-0.1, -0.05) is 11.8 Å². The minimum atomic E-state index is -0.361. The molecular formula is C16H16ClN5O2S. The molecule has 9 heteroatoms. The van der Waals surface area contributed by atoms with Crippen molar-refractivity contribution in [1.29, 1.82) is 0 Å². The molecule has 25 heavy (non-hydrogen) atoms. The molecule has 2 heterocycles. The van der Waals surface area contributed by atoms with E-state index in [4.69, 9.17) is 0 Å². The van der Waals surface area contributed by atoms with Crippen LogP contribution in [0.15, 0.2) is 41.8 Å². The van der Waals surface area contributed by atoms with E-state index in [1.54, 1.807) is 23.1 Å². The Hall–Kier alpha value is -2.45. The molecule has 0 unspecified atom stereocenters. The summed E-state index contributed by atoms with van der Waals surface area (Å²) in [6.45, 7) is 2.78. The molecule has 130 valence electrons. The lowest BCUT2D eigenvalue weighted by molar-refractivity contribution is -0.114. The predicted molar refractivity (Wildman–Crippen MR) is 99.3 cm³/mol. The highest BCUT2D eigenvalue weighted by Gasteiger charge is 2.08. The van der Waals surface area contributed by atoms with Gasteiger partial charge in [-0.05, 0) is 36.1 Å². The number of carbonyl (C=O) groups is 2.